The van der Waals surface area contributed by atoms with Crippen molar-refractivity contribution in [2.24, 2.45) is 0 Å². The normalized spacial score (nSPS) is 11.5. The number of Topliss-reactive ketones (excluding diaryl/α,β-unsaturated/α-hetero) is 1. The van der Waals surface area contributed by atoms with E-state index in [1.54, 1.807) is 92.2 Å². The first kappa shape index (κ1) is 71.9. The van der Waals surface area contributed by atoms with Gasteiger partial charge in [0.2, 0.25) is 0 Å². The van der Waals surface area contributed by atoms with Gasteiger partial charge in [0.1, 0.15) is 44.3 Å². The zero-order valence-electron chi connectivity index (χ0n) is 52.1. The van der Waals surface area contributed by atoms with Gasteiger partial charge in [-0.3, -0.25) is 4.79 Å². The van der Waals surface area contributed by atoms with Crippen molar-refractivity contribution in [1.82, 2.24) is 20.1 Å². The summed E-state index contributed by atoms with van der Waals surface area (Å²) >= 11 is 1.04. The predicted molar refractivity (Wildman–Crippen MR) is 350 cm³/mol. The maximum Gasteiger partial charge on any atom is 0.329 e. The van der Waals surface area contributed by atoms with Gasteiger partial charge in [-0.1, -0.05) is 64.5 Å². The van der Waals surface area contributed by atoms with Crippen molar-refractivity contribution in [3.05, 3.63) is 154 Å². The number of amides is 4. The quantitative estimate of drug-likeness (QED) is 0.0239. The van der Waals surface area contributed by atoms with Crippen molar-refractivity contribution in [3.63, 3.8) is 0 Å². The van der Waals surface area contributed by atoms with Gasteiger partial charge < -0.3 is 29.6 Å². The van der Waals surface area contributed by atoms with Crippen molar-refractivity contribution in [1.29, 1.82) is 0 Å². The summed E-state index contributed by atoms with van der Waals surface area (Å²) in [5.74, 6) is 2.03. The Morgan fingerprint density at radius 2 is 0.919 bits per heavy atom. The van der Waals surface area contributed by atoms with Crippen LogP contribution < -0.4 is 39.0 Å². The van der Waals surface area contributed by atoms with Crippen molar-refractivity contribution >= 4 is 72.2 Å². The zero-order valence-corrected chi connectivity index (χ0v) is 58.1. The Morgan fingerprint density at radius 3 is 1.28 bits per heavy atom. The third kappa shape index (κ3) is 23.3. The molecule has 4 N–H and O–H groups in total. The monoisotopic (exact) mass is 1390 g/mol. The number of carbonyl (C=O) groups is 3. The SMILES string of the molecule is C=[C](OCC)[Sn]([CH2]CCC)([CH2]CCC)[CH2]CCC.COc1ccc(-c2cccc(Oc3ccc(Br)cc3S(=O)(=O)NC(=O)NC(C)(C)C)c2)cc1.COc1ccc(-c2cccc(Oc3ccc(C(C)=O)cc3S(=O)(=O)NC(=O)NC(C)(C)C)c2)cc1. The molecule has 0 fully saturated rings. The van der Waals surface area contributed by atoms with Crippen LogP contribution in [0.5, 0.6) is 34.5 Å². The van der Waals surface area contributed by atoms with E-state index in [0.717, 1.165) is 40.4 Å². The summed E-state index contributed by atoms with van der Waals surface area (Å²) in [5, 5.41) is 5.11. The minimum atomic E-state index is -4.36. The molecule has 20 heteroatoms. The number of rotatable bonds is 25. The molecule has 0 aromatic heterocycles. The first-order valence-electron chi connectivity index (χ1n) is 28.8. The summed E-state index contributed by atoms with van der Waals surface area (Å²) in [6.07, 6.45) is 8.10. The number of methoxy groups -OCH3 is 2. The largest absolute Gasteiger partial charge is 0.497 e. The van der Waals surface area contributed by atoms with Gasteiger partial charge in [-0.15, -0.1) is 0 Å². The second-order valence-corrected chi connectivity index (χ2v) is 40.0. The number of unbranched alkanes of at least 4 members (excludes halogenated alkanes) is 3. The van der Waals surface area contributed by atoms with Gasteiger partial charge in [-0.05, 0) is 156 Å². The van der Waals surface area contributed by atoms with Gasteiger partial charge in [0.05, 0.1) is 14.2 Å². The van der Waals surface area contributed by atoms with Crippen LogP contribution >= 0.6 is 15.9 Å². The molecule has 86 heavy (non-hydrogen) atoms. The fourth-order valence-corrected chi connectivity index (χ4v) is 26.1. The van der Waals surface area contributed by atoms with E-state index >= 15 is 0 Å². The van der Waals surface area contributed by atoms with Crippen LogP contribution in [0.25, 0.3) is 22.3 Å². The molecule has 0 aliphatic carbocycles. The molecule has 6 aromatic rings. The van der Waals surface area contributed by atoms with Gasteiger partial charge in [0.15, 0.2) is 5.78 Å². The molecule has 0 radical (unpaired) electrons. The summed E-state index contributed by atoms with van der Waals surface area (Å²) in [6.45, 7) is 25.9. The summed E-state index contributed by atoms with van der Waals surface area (Å²) in [5.41, 5.74) is 2.51. The van der Waals surface area contributed by atoms with E-state index in [9.17, 15) is 31.2 Å². The number of nitrogens with one attached hydrogen (secondary N) is 4. The Labute approximate surface area is 523 Å². The standard InChI is InChI=1S/C26H28N2O6S.C24H25BrN2O5S.C4H7O.3C4H9.Sn/c1-17(29)19-11-14-23(24(16-19)35(31,32)28-25(30)27-26(2,3)4)34-22-8-6-7-20(15-22)18-9-12-21(33-5)13-10-18;1-24(2,3)26-23(28)27-33(29,30)22-15-18(25)10-13-21(22)32-20-7-5-6-17(14-20)16-8-11-19(31-4)12-9-16;1-3-5-4-2;3*1-3-4-2;/h6-16H,1-5H3,(H2,27,28,30);5-15H,1-4H3,(H2,26,27,28);1,4H2,2H3;3*1,3-4H2,2H3;. The minimum absolute atomic E-state index is 0.0297. The number of hydrogen-bond donors (Lipinski definition) is 4. The van der Waals surface area contributed by atoms with E-state index in [1.807, 2.05) is 76.2 Å². The number of hydrogen-bond acceptors (Lipinski definition) is 12. The smallest absolute Gasteiger partial charge is 0.329 e. The van der Waals surface area contributed by atoms with Crippen LogP contribution in [0.1, 0.15) is 125 Å². The van der Waals surface area contributed by atoms with Crippen LogP contribution in [-0.2, 0) is 24.8 Å². The van der Waals surface area contributed by atoms with E-state index in [1.165, 1.54) is 92.9 Å². The Hall–Kier alpha value is -6.55. The van der Waals surface area contributed by atoms with Gasteiger partial charge >= 0.3 is 132 Å². The van der Waals surface area contributed by atoms with Crippen LogP contribution in [0.2, 0.25) is 13.3 Å². The van der Waals surface area contributed by atoms with Crippen LogP contribution in [0.15, 0.2) is 158 Å². The van der Waals surface area contributed by atoms with E-state index in [4.69, 9.17) is 23.7 Å². The molecule has 0 saturated heterocycles. The maximum atomic E-state index is 13.1. The molecule has 0 atom stereocenters. The van der Waals surface area contributed by atoms with Crippen molar-refractivity contribution < 1.29 is 54.9 Å². The van der Waals surface area contributed by atoms with Gasteiger partial charge in [-0.2, -0.15) is 0 Å². The molecule has 466 valence electrons. The van der Waals surface area contributed by atoms with Gasteiger partial charge in [0, 0.05) is 21.1 Å². The first-order valence-corrected chi connectivity index (χ1v) is 40.1. The van der Waals surface area contributed by atoms with Crippen LogP contribution in [0.3, 0.4) is 0 Å². The van der Waals surface area contributed by atoms with E-state index in [0.29, 0.717) is 16.0 Å². The third-order valence-corrected chi connectivity index (χ3v) is 31.4. The van der Waals surface area contributed by atoms with Crippen molar-refractivity contribution in [3.8, 4) is 56.8 Å². The molecule has 0 spiro atoms. The minimum Gasteiger partial charge on any atom is -0.497 e. The predicted octanol–water partition coefficient (Wildman–Crippen LogP) is 16.8. The maximum absolute atomic E-state index is 13.1. The molecule has 0 bridgehead atoms. The summed E-state index contributed by atoms with van der Waals surface area (Å²) in [4.78, 5) is 35.9. The second-order valence-electron chi connectivity index (χ2n) is 22.6. The van der Waals surface area contributed by atoms with Crippen molar-refractivity contribution in [2.45, 2.75) is 149 Å². The average Bonchev–Trinajstić information content (AvgIpc) is 2.25. The van der Waals surface area contributed by atoms with E-state index < -0.39 is 61.6 Å². The Balaban J connectivity index is 0.000000291. The van der Waals surface area contributed by atoms with Crippen LogP contribution in [-0.4, -0.2) is 85.0 Å². The summed E-state index contributed by atoms with van der Waals surface area (Å²) in [7, 11) is -5.37. The van der Waals surface area contributed by atoms with Crippen molar-refractivity contribution in [2.75, 3.05) is 20.8 Å². The first-order chi connectivity index (χ1) is 40.5. The fourth-order valence-electron chi connectivity index (χ4n) is 8.85. The molecule has 0 unspecified atom stereocenters. The number of benzene rings is 6. The molecular weight excluding hydrogens is 1300 g/mol. The number of sulfonamides is 2. The molecule has 4 amide bonds. The van der Waals surface area contributed by atoms with Crippen LogP contribution in [0, 0.1) is 0 Å². The third-order valence-electron chi connectivity index (χ3n) is 13.2. The summed E-state index contributed by atoms with van der Waals surface area (Å²) < 4.78 is 90.5. The number of halogens is 1. The van der Waals surface area contributed by atoms with Gasteiger partial charge in [-0.25, -0.2) is 35.9 Å². The number of urea groups is 2. The Bertz CT molecular complexity index is 3420. The average molecular weight is 1390 g/mol. The fraction of sp³-hybridized carbons (Fsp3) is 0.379. The molecule has 6 aromatic carbocycles. The zero-order chi connectivity index (χ0) is 63.9. The Kier molecular flexibility index (Phi) is 28.1. The molecule has 0 heterocycles. The molecule has 0 aliphatic heterocycles. The molecule has 6 rings (SSSR count). The molecule has 16 nitrogen and oxygen atoms in total. The number of carbonyl (C=O) groups excluding carboxylic acids is 3. The molecular formula is C66H87BrN4O12S2Sn. The van der Waals surface area contributed by atoms with Crippen LogP contribution in [0.4, 0.5) is 9.59 Å². The molecule has 0 aliphatic rings. The van der Waals surface area contributed by atoms with E-state index in [2.05, 4.69) is 60.8 Å². The number of ketones is 1. The second kappa shape index (κ2) is 33.5. The number of ether oxygens (including phenoxy) is 5. The van der Waals surface area contributed by atoms with Gasteiger partial charge in [0.25, 0.3) is 20.0 Å². The van der Waals surface area contributed by atoms with E-state index in [-0.39, 0.29) is 32.6 Å². The Morgan fingerprint density at radius 1 is 0.523 bits per heavy atom. The molecule has 0 saturated carbocycles. The topological polar surface area (TPSA) is 214 Å². The summed E-state index contributed by atoms with van der Waals surface area (Å²) in [6, 6.07) is 36.3.